The number of aldehydes is 1. The lowest BCUT2D eigenvalue weighted by Crippen LogP contribution is -2.05. The molecule has 0 radical (unpaired) electrons. The number of nitrogens with zero attached hydrogens (tertiary/aromatic N) is 2. The lowest BCUT2D eigenvalue weighted by atomic mass is 10.2. The smallest absolute Gasteiger partial charge is 0.150 e. The minimum Gasteiger partial charge on any atom is -0.486 e. The van der Waals surface area contributed by atoms with Crippen LogP contribution in [0.1, 0.15) is 42.4 Å². The van der Waals surface area contributed by atoms with Gasteiger partial charge in [-0.15, -0.1) is 0 Å². The fourth-order valence-electron chi connectivity index (χ4n) is 1.75. The van der Waals surface area contributed by atoms with Gasteiger partial charge in [0, 0.05) is 17.8 Å². The van der Waals surface area contributed by atoms with Crippen molar-refractivity contribution in [2.45, 2.75) is 32.9 Å². The molecular weight excluding hydrogens is 320 g/mol. The second-order valence-electron chi connectivity index (χ2n) is 4.64. The molecule has 1 unspecified atom stereocenters. The maximum atomic E-state index is 10.7. The highest BCUT2D eigenvalue weighted by Crippen LogP contribution is 2.26. The van der Waals surface area contributed by atoms with Crippen LogP contribution >= 0.6 is 15.9 Å². The van der Waals surface area contributed by atoms with Crippen molar-refractivity contribution in [3.8, 4) is 5.75 Å². The van der Waals surface area contributed by atoms with Crippen LogP contribution in [0.5, 0.6) is 5.75 Å². The van der Waals surface area contributed by atoms with Gasteiger partial charge in [-0.25, -0.2) is 0 Å². The first kappa shape index (κ1) is 14.8. The van der Waals surface area contributed by atoms with E-state index in [-0.39, 0.29) is 0 Å². The van der Waals surface area contributed by atoms with Crippen molar-refractivity contribution in [1.29, 1.82) is 0 Å². The number of benzene rings is 1. The van der Waals surface area contributed by atoms with Gasteiger partial charge >= 0.3 is 0 Å². The van der Waals surface area contributed by atoms with Crippen LogP contribution in [0.4, 0.5) is 0 Å². The zero-order valence-electron chi connectivity index (χ0n) is 11.5. The molecule has 2 rings (SSSR count). The normalized spacial score (nSPS) is 12.2. The van der Waals surface area contributed by atoms with E-state index in [1.165, 1.54) is 0 Å². The molecule has 0 bridgehead atoms. The highest BCUT2D eigenvalue weighted by Gasteiger charge is 2.07. The highest BCUT2D eigenvalue weighted by molar-refractivity contribution is 9.10. The maximum Gasteiger partial charge on any atom is 0.150 e. The molecule has 0 spiro atoms. The zero-order chi connectivity index (χ0) is 14.5. The summed E-state index contributed by atoms with van der Waals surface area (Å²) in [6.07, 6.45) is 3.82. The molecule has 1 aromatic carbocycles. The Morgan fingerprint density at radius 1 is 1.45 bits per heavy atom. The molecule has 1 aromatic heterocycles. The number of carbonyl (C=O) groups is 1. The molecule has 2 aromatic rings. The number of hydrogen-bond acceptors (Lipinski definition) is 3. The van der Waals surface area contributed by atoms with Crippen molar-refractivity contribution in [3.63, 3.8) is 0 Å². The summed E-state index contributed by atoms with van der Waals surface area (Å²) in [4.78, 5) is 10.7. The van der Waals surface area contributed by atoms with Gasteiger partial charge in [0.2, 0.25) is 0 Å². The fraction of sp³-hybridized carbons (Fsp3) is 0.333. The minimum absolute atomic E-state index is 0.391. The molecule has 5 heteroatoms. The van der Waals surface area contributed by atoms with Crippen molar-refractivity contribution in [2.75, 3.05) is 0 Å². The number of aromatic nitrogens is 2. The first-order chi connectivity index (χ1) is 9.63. The van der Waals surface area contributed by atoms with E-state index in [1.54, 1.807) is 18.2 Å². The summed E-state index contributed by atoms with van der Waals surface area (Å²) < 4.78 is 8.43. The summed E-state index contributed by atoms with van der Waals surface area (Å²) in [5.74, 6) is 0.702. The Balaban J connectivity index is 2.01. The monoisotopic (exact) mass is 336 g/mol. The fourth-order valence-corrected chi connectivity index (χ4v) is 2.26. The van der Waals surface area contributed by atoms with Gasteiger partial charge < -0.3 is 4.74 Å². The maximum absolute atomic E-state index is 10.7. The first-order valence-electron chi connectivity index (χ1n) is 6.55. The Hall–Kier alpha value is -1.62. The number of ether oxygens (including phenoxy) is 1. The third-order valence-electron chi connectivity index (χ3n) is 3.17. The summed E-state index contributed by atoms with van der Waals surface area (Å²) in [6, 6.07) is 7.59. The van der Waals surface area contributed by atoms with E-state index >= 15 is 0 Å². The molecule has 0 N–H and O–H groups in total. The number of halogens is 1. The van der Waals surface area contributed by atoms with E-state index in [9.17, 15) is 4.79 Å². The topological polar surface area (TPSA) is 44.1 Å². The van der Waals surface area contributed by atoms with E-state index in [1.807, 2.05) is 16.9 Å². The van der Waals surface area contributed by atoms with Crippen LogP contribution in [0.25, 0.3) is 0 Å². The van der Waals surface area contributed by atoms with Gasteiger partial charge in [0.25, 0.3) is 0 Å². The van der Waals surface area contributed by atoms with Gasteiger partial charge in [-0.2, -0.15) is 5.10 Å². The predicted octanol–water partition coefficient (Wildman–Crippen LogP) is 4.01. The van der Waals surface area contributed by atoms with Crippen LogP contribution in [0, 0.1) is 0 Å². The average molecular weight is 337 g/mol. The van der Waals surface area contributed by atoms with Crippen molar-refractivity contribution in [2.24, 2.45) is 0 Å². The molecule has 4 nitrogen and oxygen atoms in total. The van der Waals surface area contributed by atoms with Gasteiger partial charge in [-0.05, 0) is 53.5 Å². The van der Waals surface area contributed by atoms with E-state index in [0.29, 0.717) is 24.0 Å². The van der Waals surface area contributed by atoms with Crippen LogP contribution in [-0.4, -0.2) is 16.1 Å². The quantitative estimate of drug-likeness (QED) is 0.748. The standard InChI is InChI=1S/C15H17BrN2O2/c1-3-11(2)18-7-6-13(17-18)10-20-15-5-4-12(9-19)8-14(15)16/h4-9,11H,3,10H2,1-2H3. The van der Waals surface area contributed by atoms with Crippen molar-refractivity contribution in [1.82, 2.24) is 9.78 Å². The molecular formula is C15H17BrN2O2. The number of carbonyl (C=O) groups excluding carboxylic acids is 1. The van der Waals surface area contributed by atoms with Crippen molar-refractivity contribution in [3.05, 3.63) is 46.2 Å². The van der Waals surface area contributed by atoms with Gasteiger partial charge in [0.1, 0.15) is 18.6 Å². The van der Waals surface area contributed by atoms with E-state index < -0.39 is 0 Å². The number of hydrogen-bond donors (Lipinski definition) is 0. The third-order valence-corrected chi connectivity index (χ3v) is 3.79. The second kappa shape index (κ2) is 6.70. The lowest BCUT2D eigenvalue weighted by molar-refractivity contribution is 0.112. The second-order valence-corrected chi connectivity index (χ2v) is 5.50. The van der Waals surface area contributed by atoms with Gasteiger partial charge in [-0.3, -0.25) is 9.48 Å². The van der Waals surface area contributed by atoms with E-state index in [4.69, 9.17) is 4.74 Å². The molecule has 0 aliphatic heterocycles. The predicted molar refractivity (Wildman–Crippen MR) is 81.1 cm³/mol. The Morgan fingerprint density at radius 2 is 2.25 bits per heavy atom. The minimum atomic E-state index is 0.391. The molecule has 0 saturated carbocycles. The summed E-state index contributed by atoms with van der Waals surface area (Å²) in [5.41, 5.74) is 1.50. The molecule has 0 fully saturated rings. The first-order valence-corrected chi connectivity index (χ1v) is 7.35. The molecule has 0 saturated heterocycles. The van der Waals surface area contributed by atoms with E-state index in [2.05, 4.69) is 34.9 Å². The Bertz CT molecular complexity index is 595. The summed E-state index contributed by atoms with van der Waals surface area (Å²) in [5, 5.41) is 4.48. The SMILES string of the molecule is CCC(C)n1ccc(COc2ccc(C=O)cc2Br)n1. The van der Waals surface area contributed by atoms with Crippen LogP contribution in [0.3, 0.4) is 0 Å². The van der Waals surface area contributed by atoms with Crippen LogP contribution in [-0.2, 0) is 6.61 Å². The molecule has 1 atom stereocenters. The summed E-state index contributed by atoms with van der Waals surface area (Å²) >= 11 is 3.39. The van der Waals surface area contributed by atoms with Gasteiger partial charge in [-0.1, -0.05) is 6.92 Å². The van der Waals surface area contributed by atoms with Gasteiger partial charge in [0.15, 0.2) is 0 Å². The molecule has 106 valence electrons. The van der Waals surface area contributed by atoms with Crippen LogP contribution in [0.2, 0.25) is 0 Å². The van der Waals surface area contributed by atoms with E-state index in [0.717, 1.165) is 22.9 Å². The average Bonchev–Trinajstić information content (AvgIpc) is 2.94. The number of rotatable bonds is 6. The Morgan fingerprint density at radius 3 is 2.90 bits per heavy atom. The Labute approximate surface area is 126 Å². The lowest BCUT2D eigenvalue weighted by Gasteiger charge is -2.09. The Kier molecular flexibility index (Phi) is 4.95. The summed E-state index contributed by atoms with van der Waals surface area (Å²) in [7, 11) is 0. The largest absolute Gasteiger partial charge is 0.486 e. The molecule has 0 aliphatic rings. The van der Waals surface area contributed by atoms with Crippen LogP contribution in [0.15, 0.2) is 34.9 Å². The third kappa shape index (κ3) is 3.48. The van der Waals surface area contributed by atoms with Crippen molar-refractivity contribution < 1.29 is 9.53 Å². The molecule has 20 heavy (non-hydrogen) atoms. The summed E-state index contributed by atoms with van der Waals surface area (Å²) in [6.45, 7) is 4.67. The zero-order valence-corrected chi connectivity index (χ0v) is 13.1. The molecule has 1 heterocycles. The molecule has 0 aliphatic carbocycles. The van der Waals surface area contributed by atoms with Crippen LogP contribution < -0.4 is 4.74 Å². The highest BCUT2D eigenvalue weighted by atomic mass is 79.9. The van der Waals surface area contributed by atoms with Gasteiger partial charge in [0.05, 0.1) is 10.2 Å². The molecule has 0 amide bonds. The van der Waals surface area contributed by atoms with Crippen molar-refractivity contribution >= 4 is 22.2 Å².